The Morgan fingerprint density at radius 3 is 2.77 bits per heavy atom. The highest BCUT2D eigenvalue weighted by Gasteiger charge is 2.29. The first-order valence-corrected chi connectivity index (χ1v) is 10.5. The van der Waals surface area contributed by atoms with E-state index in [0.29, 0.717) is 5.88 Å². The molecule has 1 aliphatic rings. The van der Waals surface area contributed by atoms with Gasteiger partial charge in [-0.2, -0.15) is 0 Å². The summed E-state index contributed by atoms with van der Waals surface area (Å²) in [5.74, 6) is 0.702. The van der Waals surface area contributed by atoms with Crippen molar-refractivity contribution < 1.29 is 4.74 Å². The smallest absolute Gasteiger partial charge is 0.217 e. The van der Waals surface area contributed by atoms with E-state index < -0.39 is 0 Å². The van der Waals surface area contributed by atoms with E-state index in [9.17, 15) is 0 Å². The van der Waals surface area contributed by atoms with Gasteiger partial charge in [0, 0.05) is 62.1 Å². The van der Waals surface area contributed by atoms with E-state index in [0.717, 1.165) is 54.1 Å². The molecule has 0 spiro atoms. The summed E-state index contributed by atoms with van der Waals surface area (Å²) in [6.45, 7) is 3.71. The molecule has 0 aliphatic carbocycles. The average molecular weight is 415 g/mol. The third-order valence-electron chi connectivity index (χ3n) is 6.04. The number of ether oxygens (including phenoxy) is 1. The zero-order chi connectivity index (χ0) is 21.2. The minimum Gasteiger partial charge on any atom is -0.481 e. The molecule has 1 aliphatic heterocycles. The highest BCUT2D eigenvalue weighted by molar-refractivity contribution is 5.66. The van der Waals surface area contributed by atoms with Gasteiger partial charge in [-0.05, 0) is 30.8 Å². The first-order chi connectivity index (χ1) is 15.2. The Balaban J connectivity index is 1.40. The molecular formula is C24H26N6O. The van der Waals surface area contributed by atoms with Gasteiger partial charge in [0.15, 0.2) is 0 Å². The fourth-order valence-corrected chi connectivity index (χ4v) is 4.32. The van der Waals surface area contributed by atoms with Gasteiger partial charge in [0.05, 0.1) is 30.7 Å². The number of rotatable bonds is 5. The summed E-state index contributed by atoms with van der Waals surface area (Å²) < 4.78 is 7.56. The summed E-state index contributed by atoms with van der Waals surface area (Å²) in [7, 11) is 3.86. The van der Waals surface area contributed by atoms with E-state index >= 15 is 0 Å². The van der Waals surface area contributed by atoms with Gasteiger partial charge in [0.25, 0.3) is 0 Å². The Hall–Kier alpha value is -3.29. The highest BCUT2D eigenvalue weighted by atomic mass is 16.5. The summed E-state index contributed by atoms with van der Waals surface area (Å²) in [5, 5.41) is 0. The fraction of sp³-hybridized carbons (Fsp3) is 0.292. The van der Waals surface area contributed by atoms with Gasteiger partial charge >= 0.3 is 0 Å². The van der Waals surface area contributed by atoms with E-state index in [1.54, 1.807) is 19.5 Å². The van der Waals surface area contributed by atoms with E-state index in [1.807, 2.05) is 24.7 Å². The van der Waals surface area contributed by atoms with Crippen LogP contribution in [0.4, 0.5) is 0 Å². The fourth-order valence-electron chi connectivity index (χ4n) is 4.32. The molecule has 0 bridgehead atoms. The second-order valence-corrected chi connectivity index (χ2v) is 7.99. The van der Waals surface area contributed by atoms with Crippen LogP contribution in [0, 0.1) is 0 Å². The molecular weight excluding hydrogens is 388 g/mol. The topological polar surface area (TPSA) is 58.8 Å². The molecule has 5 rings (SSSR count). The van der Waals surface area contributed by atoms with Gasteiger partial charge in [-0.25, -0.2) is 9.97 Å². The summed E-state index contributed by atoms with van der Waals surface area (Å²) in [4.78, 5) is 18.3. The summed E-state index contributed by atoms with van der Waals surface area (Å²) in [6.07, 6.45) is 9.50. The molecule has 0 N–H and O–H groups in total. The first-order valence-electron chi connectivity index (χ1n) is 10.5. The van der Waals surface area contributed by atoms with E-state index in [1.165, 1.54) is 0 Å². The van der Waals surface area contributed by atoms with Gasteiger partial charge in [0.2, 0.25) is 5.88 Å². The van der Waals surface area contributed by atoms with Crippen molar-refractivity contribution in [3.8, 4) is 17.0 Å². The van der Waals surface area contributed by atoms with Crippen LogP contribution in [0.3, 0.4) is 0 Å². The molecule has 0 saturated carbocycles. The van der Waals surface area contributed by atoms with Crippen molar-refractivity contribution in [3.63, 3.8) is 0 Å². The second-order valence-electron chi connectivity index (χ2n) is 7.99. The molecule has 4 aromatic heterocycles. The molecule has 0 amide bonds. The molecule has 158 valence electrons. The SMILES string of the molecule is COc1ncccc1CN1CCN(C)[C@@H](c2ncn3cc(-c4cccnc4)ccc23)C1. The van der Waals surface area contributed by atoms with Gasteiger partial charge in [-0.15, -0.1) is 0 Å². The van der Waals surface area contributed by atoms with Crippen LogP contribution in [-0.4, -0.2) is 62.9 Å². The van der Waals surface area contributed by atoms with Crippen LogP contribution in [0.25, 0.3) is 16.6 Å². The van der Waals surface area contributed by atoms with Crippen molar-refractivity contribution in [1.82, 2.24) is 29.2 Å². The van der Waals surface area contributed by atoms with Crippen LogP contribution in [0.2, 0.25) is 0 Å². The first kappa shape index (κ1) is 19.7. The number of hydrogen-bond donors (Lipinski definition) is 0. The molecule has 31 heavy (non-hydrogen) atoms. The zero-order valence-corrected chi connectivity index (χ0v) is 17.8. The van der Waals surface area contributed by atoms with Crippen molar-refractivity contribution in [3.05, 3.63) is 78.8 Å². The number of aromatic nitrogens is 4. The third kappa shape index (κ3) is 3.89. The second kappa shape index (κ2) is 8.45. The standard InChI is InChI=1S/C24H26N6O/c1-28-11-12-29(14-20-6-4-10-26-24(20)31-2)16-22(28)23-21-8-7-19(15-30(21)17-27-23)18-5-3-9-25-13-18/h3-10,13,15,17,22H,11-12,14,16H2,1-2H3/t22-/m1/s1. The van der Waals surface area contributed by atoms with Crippen LogP contribution >= 0.6 is 0 Å². The highest BCUT2D eigenvalue weighted by Crippen LogP contribution is 2.29. The summed E-state index contributed by atoms with van der Waals surface area (Å²) >= 11 is 0. The van der Waals surface area contributed by atoms with Gasteiger partial charge < -0.3 is 9.14 Å². The minimum absolute atomic E-state index is 0.227. The maximum Gasteiger partial charge on any atom is 0.217 e. The Bertz CT molecular complexity index is 1180. The van der Waals surface area contributed by atoms with Crippen LogP contribution in [0.1, 0.15) is 17.3 Å². The van der Waals surface area contributed by atoms with Crippen molar-refractivity contribution in [2.24, 2.45) is 0 Å². The normalized spacial score (nSPS) is 17.8. The van der Waals surface area contributed by atoms with Crippen molar-refractivity contribution >= 4 is 5.52 Å². The van der Waals surface area contributed by atoms with E-state index in [-0.39, 0.29) is 6.04 Å². The van der Waals surface area contributed by atoms with Crippen LogP contribution < -0.4 is 4.74 Å². The number of methoxy groups -OCH3 is 1. The molecule has 4 aromatic rings. The van der Waals surface area contributed by atoms with Crippen LogP contribution in [-0.2, 0) is 6.54 Å². The molecule has 0 unspecified atom stereocenters. The zero-order valence-electron chi connectivity index (χ0n) is 17.8. The maximum absolute atomic E-state index is 5.44. The van der Waals surface area contributed by atoms with E-state index in [4.69, 9.17) is 9.72 Å². The van der Waals surface area contributed by atoms with Gasteiger partial charge in [-0.3, -0.25) is 14.8 Å². The average Bonchev–Trinajstić information content (AvgIpc) is 3.24. The lowest BCUT2D eigenvalue weighted by Gasteiger charge is -2.39. The predicted molar refractivity (Wildman–Crippen MR) is 120 cm³/mol. The lowest BCUT2D eigenvalue weighted by molar-refractivity contribution is 0.0885. The van der Waals surface area contributed by atoms with Crippen LogP contribution in [0.15, 0.2) is 67.5 Å². The Labute approximate surface area is 182 Å². The molecule has 7 nitrogen and oxygen atoms in total. The Kier molecular flexibility index (Phi) is 5.36. The molecule has 5 heterocycles. The molecule has 0 aromatic carbocycles. The summed E-state index contributed by atoms with van der Waals surface area (Å²) in [6, 6.07) is 12.6. The number of likely N-dealkylation sites (N-methyl/N-ethyl adjacent to an activating group) is 1. The van der Waals surface area contributed by atoms with E-state index in [2.05, 4.69) is 61.7 Å². The molecule has 1 atom stereocenters. The summed E-state index contributed by atoms with van der Waals surface area (Å²) in [5.41, 5.74) is 5.61. The number of imidazole rings is 1. The maximum atomic E-state index is 5.44. The van der Waals surface area contributed by atoms with Crippen molar-refractivity contribution in [1.29, 1.82) is 0 Å². The minimum atomic E-state index is 0.227. The largest absolute Gasteiger partial charge is 0.481 e. The van der Waals surface area contributed by atoms with Crippen molar-refractivity contribution in [2.75, 3.05) is 33.8 Å². The third-order valence-corrected chi connectivity index (χ3v) is 6.04. The predicted octanol–water partition coefficient (Wildman–Crippen LogP) is 3.29. The monoisotopic (exact) mass is 414 g/mol. The van der Waals surface area contributed by atoms with Gasteiger partial charge in [-0.1, -0.05) is 18.2 Å². The number of piperazine rings is 1. The quantitative estimate of drug-likeness (QED) is 0.500. The Morgan fingerprint density at radius 1 is 1.03 bits per heavy atom. The molecule has 7 heteroatoms. The lowest BCUT2D eigenvalue weighted by Crippen LogP contribution is -2.46. The molecule has 1 fully saturated rings. The molecule has 0 radical (unpaired) electrons. The lowest BCUT2D eigenvalue weighted by atomic mass is 10.1. The number of pyridine rings is 3. The molecule has 1 saturated heterocycles. The van der Waals surface area contributed by atoms with Crippen LogP contribution in [0.5, 0.6) is 5.88 Å². The Morgan fingerprint density at radius 2 is 1.94 bits per heavy atom. The van der Waals surface area contributed by atoms with Gasteiger partial charge in [0.1, 0.15) is 0 Å². The number of fused-ring (bicyclic) bond motifs is 1. The number of nitrogens with zero attached hydrogens (tertiary/aromatic N) is 6. The van der Waals surface area contributed by atoms with Crippen molar-refractivity contribution in [2.45, 2.75) is 12.6 Å². The number of hydrogen-bond acceptors (Lipinski definition) is 6.